The van der Waals surface area contributed by atoms with E-state index in [0.717, 1.165) is 32.1 Å². The molecule has 0 heterocycles. The van der Waals surface area contributed by atoms with Crippen LogP contribution in [0.2, 0.25) is 0 Å². The van der Waals surface area contributed by atoms with E-state index in [1.54, 1.807) is 0 Å². The minimum absolute atomic E-state index is 0.0788. The van der Waals surface area contributed by atoms with Gasteiger partial charge in [0.15, 0.2) is 17.4 Å². The lowest BCUT2D eigenvalue weighted by atomic mass is 9.77. The number of carbonyl (C=O) groups excluding carboxylic acids is 1. The second kappa shape index (κ2) is 5.81. The molecular formula is C16H20F2O. The van der Waals surface area contributed by atoms with Gasteiger partial charge in [0.25, 0.3) is 0 Å². The smallest absolute Gasteiger partial charge is 0.169 e. The number of hydrogen-bond acceptors (Lipinski definition) is 1. The van der Waals surface area contributed by atoms with Crippen LogP contribution in [0.15, 0.2) is 12.1 Å². The third kappa shape index (κ3) is 2.85. The Morgan fingerprint density at radius 2 is 2.00 bits per heavy atom. The van der Waals surface area contributed by atoms with Gasteiger partial charge in [0, 0.05) is 5.92 Å². The summed E-state index contributed by atoms with van der Waals surface area (Å²) < 4.78 is 27.4. The molecule has 0 aromatic heterocycles. The van der Waals surface area contributed by atoms with Crippen LogP contribution in [-0.2, 0) is 0 Å². The van der Waals surface area contributed by atoms with Crippen LogP contribution in [0.5, 0.6) is 0 Å². The standard InChI is InChI=1S/C16H20F2O/c1-3-11-5-4-6-12(9-11)16(19)13-8-7-10(2)14(17)15(13)18/h7-8,11-12H,3-6,9H2,1-2H3. The van der Waals surface area contributed by atoms with Gasteiger partial charge in [-0.15, -0.1) is 0 Å². The van der Waals surface area contributed by atoms with Crippen LogP contribution in [0.3, 0.4) is 0 Å². The molecule has 1 saturated carbocycles. The van der Waals surface area contributed by atoms with Gasteiger partial charge in [0.2, 0.25) is 0 Å². The second-order valence-corrected chi connectivity index (χ2v) is 5.56. The Morgan fingerprint density at radius 1 is 1.26 bits per heavy atom. The molecule has 2 unspecified atom stereocenters. The average molecular weight is 266 g/mol. The maximum Gasteiger partial charge on any atom is 0.169 e. The van der Waals surface area contributed by atoms with Gasteiger partial charge in [0.05, 0.1) is 5.56 Å². The highest BCUT2D eigenvalue weighted by Crippen LogP contribution is 2.33. The molecule has 0 saturated heterocycles. The Hall–Kier alpha value is -1.25. The molecule has 1 aliphatic carbocycles. The molecular weight excluding hydrogens is 246 g/mol. The number of halogens is 2. The van der Waals surface area contributed by atoms with Crippen molar-refractivity contribution >= 4 is 5.78 Å². The number of Topliss-reactive ketones (excluding diaryl/α,β-unsaturated/α-hetero) is 1. The number of ketones is 1. The molecule has 0 radical (unpaired) electrons. The summed E-state index contributed by atoms with van der Waals surface area (Å²) in [6, 6.07) is 2.90. The highest BCUT2D eigenvalue weighted by atomic mass is 19.2. The first kappa shape index (κ1) is 14.2. The fraction of sp³-hybridized carbons (Fsp3) is 0.562. The molecule has 0 amide bonds. The largest absolute Gasteiger partial charge is 0.294 e. The van der Waals surface area contributed by atoms with Crippen molar-refractivity contribution in [3.05, 3.63) is 34.9 Å². The molecule has 3 heteroatoms. The number of rotatable bonds is 3. The summed E-state index contributed by atoms with van der Waals surface area (Å²) in [4.78, 5) is 12.3. The van der Waals surface area contributed by atoms with Crippen molar-refractivity contribution in [3.8, 4) is 0 Å². The first-order valence-electron chi connectivity index (χ1n) is 7.03. The Morgan fingerprint density at radius 3 is 2.68 bits per heavy atom. The summed E-state index contributed by atoms with van der Waals surface area (Å²) >= 11 is 0. The van der Waals surface area contributed by atoms with E-state index in [-0.39, 0.29) is 22.8 Å². The topological polar surface area (TPSA) is 17.1 Å². The van der Waals surface area contributed by atoms with E-state index in [0.29, 0.717) is 5.92 Å². The highest BCUT2D eigenvalue weighted by molar-refractivity contribution is 5.98. The number of aryl methyl sites for hydroxylation is 1. The minimum atomic E-state index is -0.983. The summed E-state index contributed by atoms with van der Waals surface area (Å²) in [5.74, 6) is -1.71. The molecule has 104 valence electrons. The van der Waals surface area contributed by atoms with Gasteiger partial charge in [-0.1, -0.05) is 32.3 Å². The molecule has 2 atom stereocenters. The maximum absolute atomic E-state index is 13.9. The molecule has 0 aliphatic heterocycles. The third-order valence-corrected chi connectivity index (χ3v) is 4.27. The Bertz CT molecular complexity index is 482. The zero-order chi connectivity index (χ0) is 14.0. The van der Waals surface area contributed by atoms with Crippen molar-refractivity contribution < 1.29 is 13.6 Å². The molecule has 0 N–H and O–H groups in total. The number of benzene rings is 1. The van der Waals surface area contributed by atoms with Gasteiger partial charge in [-0.3, -0.25) is 4.79 Å². The lowest BCUT2D eigenvalue weighted by molar-refractivity contribution is 0.0856. The lowest BCUT2D eigenvalue weighted by Gasteiger charge is -2.27. The van der Waals surface area contributed by atoms with Crippen LogP contribution in [0.4, 0.5) is 8.78 Å². The number of carbonyl (C=O) groups is 1. The summed E-state index contributed by atoms with van der Waals surface area (Å²) in [5, 5.41) is 0. The van der Waals surface area contributed by atoms with Gasteiger partial charge in [0.1, 0.15) is 0 Å². The van der Waals surface area contributed by atoms with Gasteiger partial charge in [-0.2, -0.15) is 0 Å². The Balaban J connectivity index is 2.22. The molecule has 1 aromatic carbocycles. The fourth-order valence-corrected chi connectivity index (χ4v) is 2.96. The van der Waals surface area contributed by atoms with Crippen LogP contribution in [-0.4, -0.2) is 5.78 Å². The summed E-state index contributed by atoms with van der Waals surface area (Å²) in [5.41, 5.74) is 0.161. The molecule has 1 nitrogen and oxygen atoms in total. The summed E-state index contributed by atoms with van der Waals surface area (Å²) in [7, 11) is 0. The van der Waals surface area contributed by atoms with Crippen LogP contribution in [0.25, 0.3) is 0 Å². The van der Waals surface area contributed by atoms with Crippen molar-refractivity contribution in [2.24, 2.45) is 11.8 Å². The van der Waals surface area contributed by atoms with Gasteiger partial charge in [-0.25, -0.2) is 8.78 Å². The molecule has 2 rings (SSSR count). The van der Waals surface area contributed by atoms with E-state index in [1.807, 2.05) is 0 Å². The van der Waals surface area contributed by atoms with Gasteiger partial charge < -0.3 is 0 Å². The Kier molecular flexibility index (Phi) is 4.33. The summed E-state index contributed by atoms with van der Waals surface area (Å²) in [6.45, 7) is 3.62. The van der Waals surface area contributed by atoms with Crippen molar-refractivity contribution in [2.45, 2.75) is 46.0 Å². The fourth-order valence-electron chi connectivity index (χ4n) is 2.96. The van der Waals surface area contributed by atoms with E-state index in [1.165, 1.54) is 19.1 Å². The SMILES string of the molecule is CCC1CCCC(C(=O)c2ccc(C)c(F)c2F)C1. The van der Waals surface area contributed by atoms with Crippen molar-refractivity contribution in [2.75, 3.05) is 0 Å². The number of hydrogen-bond donors (Lipinski definition) is 0. The van der Waals surface area contributed by atoms with E-state index in [4.69, 9.17) is 0 Å². The van der Waals surface area contributed by atoms with E-state index >= 15 is 0 Å². The molecule has 1 aliphatic rings. The quantitative estimate of drug-likeness (QED) is 0.726. The molecule has 1 aromatic rings. The zero-order valence-corrected chi connectivity index (χ0v) is 11.5. The third-order valence-electron chi connectivity index (χ3n) is 4.27. The van der Waals surface area contributed by atoms with E-state index < -0.39 is 11.6 Å². The monoisotopic (exact) mass is 266 g/mol. The van der Waals surface area contributed by atoms with Crippen molar-refractivity contribution in [1.82, 2.24) is 0 Å². The van der Waals surface area contributed by atoms with Gasteiger partial charge in [-0.05, 0) is 37.3 Å². The minimum Gasteiger partial charge on any atom is -0.294 e. The molecule has 19 heavy (non-hydrogen) atoms. The van der Waals surface area contributed by atoms with Crippen molar-refractivity contribution in [1.29, 1.82) is 0 Å². The first-order valence-corrected chi connectivity index (χ1v) is 7.03. The normalized spacial score (nSPS) is 23.4. The molecule has 0 bridgehead atoms. The average Bonchev–Trinajstić information content (AvgIpc) is 2.44. The molecule has 0 spiro atoms. The van der Waals surface area contributed by atoms with Crippen LogP contribution < -0.4 is 0 Å². The lowest BCUT2D eigenvalue weighted by Crippen LogP contribution is -2.24. The van der Waals surface area contributed by atoms with Crippen LogP contribution in [0, 0.1) is 30.4 Å². The van der Waals surface area contributed by atoms with Crippen LogP contribution in [0.1, 0.15) is 54.9 Å². The van der Waals surface area contributed by atoms with E-state index in [9.17, 15) is 13.6 Å². The van der Waals surface area contributed by atoms with E-state index in [2.05, 4.69) is 6.92 Å². The molecule has 1 fully saturated rings. The van der Waals surface area contributed by atoms with Crippen molar-refractivity contribution in [3.63, 3.8) is 0 Å². The predicted molar refractivity (Wildman–Crippen MR) is 71.2 cm³/mol. The first-order chi connectivity index (χ1) is 9.04. The van der Waals surface area contributed by atoms with Gasteiger partial charge >= 0.3 is 0 Å². The zero-order valence-electron chi connectivity index (χ0n) is 11.5. The van der Waals surface area contributed by atoms with Crippen LogP contribution >= 0.6 is 0 Å². The Labute approximate surface area is 113 Å². The summed E-state index contributed by atoms with van der Waals surface area (Å²) in [6.07, 6.45) is 4.80. The maximum atomic E-state index is 13.9. The predicted octanol–water partition coefficient (Wildman–Crippen LogP) is 4.67. The second-order valence-electron chi connectivity index (χ2n) is 5.56. The highest BCUT2D eigenvalue weighted by Gasteiger charge is 2.29.